The summed E-state index contributed by atoms with van der Waals surface area (Å²) < 4.78 is 4.74. The first kappa shape index (κ1) is 11.2. The van der Waals surface area contributed by atoms with E-state index in [1.54, 1.807) is 19.1 Å². The lowest BCUT2D eigenvalue weighted by Gasteiger charge is -2.00. The van der Waals surface area contributed by atoms with Crippen molar-refractivity contribution in [2.24, 2.45) is 0 Å². The fraction of sp³-hybridized carbons (Fsp3) is 0.273. The molecule has 4 nitrogen and oxygen atoms in total. The van der Waals surface area contributed by atoms with Crippen molar-refractivity contribution in [1.82, 2.24) is 4.98 Å². The zero-order chi connectivity index (χ0) is 11.3. The summed E-state index contributed by atoms with van der Waals surface area (Å²) in [6, 6.07) is 3.57. The second-order valence-electron chi connectivity index (χ2n) is 3.01. The molecule has 1 rings (SSSR count). The van der Waals surface area contributed by atoms with Crippen molar-refractivity contribution < 1.29 is 9.53 Å². The van der Waals surface area contributed by atoms with E-state index in [4.69, 9.17) is 10.5 Å². The van der Waals surface area contributed by atoms with E-state index in [-0.39, 0.29) is 5.97 Å². The third-order valence-corrected chi connectivity index (χ3v) is 1.76. The smallest absolute Gasteiger partial charge is 0.330 e. The lowest BCUT2D eigenvalue weighted by Crippen LogP contribution is -2.00. The predicted octanol–water partition coefficient (Wildman–Crippen LogP) is 1.55. The number of aryl methyl sites for hydroxylation is 1. The lowest BCUT2D eigenvalue weighted by atomic mass is 10.2. The molecule has 1 aromatic heterocycles. The van der Waals surface area contributed by atoms with E-state index in [1.165, 1.54) is 6.08 Å². The number of esters is 1. The van der Waals surface area contributed by atoms with Crippen molar-refractivity contribution in [1.29, 1.82) is 0 Å². The first-order valence-corrected chi connectivity index (χ1v) is 4.71. The van der Waals surface area contributed by atoms with Crippen LogP contribution in [0.2, 0.25) is 0 Å². The molecule has 1 aromatic rings. The van der Waals surface area contributed by atoms with Gasteiger partial charge in [0.05, 0.1) is 18.0 Å². The molecule has 0 aliphatic rings. The minimum atomic E-state index is -0.389. The highest BCUT2D eigenvalue weighted by molar-refractivity contribution is 5.87. The van der Waals surface area contributed by atoms with Gasteiger partial charge < -0.3 is 10.5 Å². The summed E-state index contributed by atoms with van der Waals surface area (Å²) in [6.45, 7) is 3.98. The van der Waals surface area contributed by atoms with Crippen LogP contribution in [0, 0.1) is 6.92 Å². The predicted molar refractivity (Wildman–Crippen MR) is 59.1 cm³/mol. The molecule has 0 spiro atoms. The van der Waals surface area contributed by atoms with Crippen LogP contribution in [0.1, 0.15) is 18.3 Å². The molecule has 0 saturated heterocycles. The van der Waals surface area contributed by atoms with Crippen LogP contribution in [-0.4, -0.2) is 17.6 Å². The van der Waals surface area contributed by atoms with Crippen LogP contribution >= 0.6 is 0 Å². The number of nitrogens with two attached hydrogens (primary N) is 1. The van der Waals surface area contributed by atoms with E-state index in [0.717, 1.165) is 5.69 Å². The van der Waals surface area contributed by atoms with Gasteiger partial charge in [0, 0.05) is 11.8 Å². The average molecular weight is 206 g/mol. The molecule has 0 aliphatic heterocycles. The van der Waals surface area contributed by atoms with Gasteiger partial charge in [0.1, 0.15) is 0 Å². The first-order valence-electron chi connectivity index (χ1n) is 4.71. The van der Waals surface area contributed by atoms with Crippen molar-refractivity contribution in [2.45, 2.75) is 13.8 Å². The number of pyridine rings is 1. The Morgan fingerprint density at radius 1 is 1.60 bits per heavy atom. The summed E-state index contributed by atoms with van der Waals surface area (Å²) in [5, 5.41) is 0. The van der Waals surface area contributed by atoms with Crippen molar-refractivity contribution in [3.05, 3.63) is 29.6 Å². The molecule has 0 amide bonds. The highest BCUT2D eigenvalue weighted by Crippen LogP contribution is 2.11. The van der Waals surface area contributed by atoms with Crippen LogP contribution < -0.4 is 5.73 Å². The van der Waals surface area contributed by atoms with Crippen molar-refractivity contribution in [2.75, 3.05) is 12.3 Å². The number of anilines is 1. The molecule has 0 saturated carbocycles. The van der Waals surface area contributed by atoms with Crippen molar-refractivity contribution >= 4 is 17.7 Å². The maximum Gasteiger partial charge on any atom is 0.330 e. The van der Waals surface area contributed by atoms with Gasteiger partial charge in [-0.05, 0) is 32.1 Å². The largest absolute Gasteiger partial charge is 0.463 e. The lowest BCUT2D eigenvalue weighted by molar-refractivity contribution is -0.137. The SMILES string of the molecule is CCOC(=O)C=Cc1nc(C)ccc1N. The molecule has 0 radical (unpaired) electrons. The molecule has 0 aromatic carbocycles. The summed E-state index contributed by atoms with van der Waals surface area (Å²) in [5.74, 6) is -0.389. The monoisotopic (exact) mass is 206 g/mol. The van der Waals surface area contributed by atoms with E-state index in [9.17, 15) is 4.79 Å². The van der Waals surface area contributed by atoms with Crippen molar-refractivity contribution in [3.8, 4) is 0 Å². The van der Waals surface area contributed by atoms with Crippen LogP contribution in [0.3, 0.4) is 0 Å². The van der Waals surface area contributed by atoms with Gasteiger partial charge in [-0.3, -0.25) is 4.98 Å². The standard InChI is InChI=1S/C11H14N2O2/c1-3-15-11(14)7-6-10-9(12)5-4-8(2)13-10/h4-7H,3,12H2,1-2H3. The Hall–Kier alpha value is -1.84. The summed E-state index contributed by atoms with van der Waals surface area (Å²) in [6.07, 6.45) is 2.88. The maximum absolute atomic E-state index is 11.0. The van der Waals surface area contributed by atoms with Gasteiger partial charge in [0.2, 0.25) is 0 Å². The molecular weight excluding hydrogens is 192 g/mol. The third-order valence-electron chi connectivity index (χ3n) is 1.76. The topological polar surface area (TPSA) is 65.2 Å². The minimum Gasteiger partial charge on any atom is -0.463 e. The number of rotatable bonds is 3. The Balaban J connectivity index is 2.79. The number of carbonyl (C=O) groups excluding carboxylic acids is 1. The van der Waals surface area contributed by atoms with Crippen LogP contribution in [-0.2, 0) is 9.53 Å². The number of aromatic nitrogens is 1. The van der Waals surface area contributed by atoms with E-state index in [0.29, 0.717) is 18.0 Å². The number of hydrogen-bond acceptors (Lipinski definition) is 4. The molecule has 4 heteroatoms. The highest BCUT2D eigenvalue weighted by Gasteiger charge is 1.99. The van der Waals surface area contributed by atoms with Gasteiger partial charge in [0.25, 0.3) is 0 Å². The number of nitrogen functional groups attached to an aromatic ring is 1. The van der Waals surface area contributed by atoms with Crippen LogP contribution in [0.15, 0.2) is 18.2 Å². The molecule has 0 atom stereocenters. The Kier molecular flexibility index (Phi) is 3.85. The van der Waals surface area contributed by atoms with Gasteiger partial charge in [-0.1, -0.05) is 0 Å². The molecule has 80 valence electrons. The second kappa shape index (κ2) is 5.14. The molecule has 1 heterocycles. The van der Waals surface area contributed by atoms with E-state index >= 15 is 0 Å². The van der Waals surface area contributed by atoms with E-state index in [1.807, 2.05) is 13.0 Å². The Labute approximate surface area is 88.8 Å². The van der Waals surface area contributed by atoms with Crippen LogP contribution in [0.25, 0.3) is 6.08 Å². The summed E-state index contributed by atoms with van der Waals surface area (Å²) in [5.41, 5.74) is 7.67. The second-order valence-corrected chi connectivity index (χ2v) is 3.01. The Morgan fingerprint density at radius 3 is 3.00 bits per heavy atom. The molecular formula is C11H14N2O2. The van der Waals surface area contributed by atoms with Gasteiger partial charge in [0.15, 0.2) is 0 Å². The number of nitrogens with zero attached hydrogens (tertiary/aromatic N) is 1. The normalized spacial score (nSPS) is 10.5. The summed E-state index contributed by atoms with van der Waals surface area (Å²) in [4.78, 5) is 15.2. The quantitative estimate of drug-likeness (QED) is 0.602. The zero-order valence-corrected chi connectivity index (χ0v) is 8.86. The number of carbonyl (C=O) groups is 1. The summed E-state index contributed by atoms with van der Waals surface area (Å²) >= 11 is 0. The van der Waals surface area contributed by atoms with Gasteiger partial charge in [-0.15, -0.1) is 0 Å². The molecule has 0 bridgehead atoms. The van der Waals surface area contributed by atoms with Crippen LogP contribution in [0.5, 0.6) is 0 Å². The zero-order valence-electron chi connectivity index (χ0n) is 8.86. The summed E-state index contributed by atoms with van der Waals surface area (Å²) in [7, 11) is 0. The first-order chi connectivity index (χ1) is 7.13. The average Bonchev–Trinajstić information content (AvgIpc) is 2.20. The molecule has 0 unspecified atom stereocenters. The fourth-order valence-electron chi connectivity index (χ4n) is 1.06. The number of hydrogen-bond donors (Lipinski definition) is 1. The Bertz CT molecular complexity index is 386. The van der Waals surface area contributed by atoms with Gasteiger partial charge in [-0.2, -0.15) is 0 Å². The van der Waals surface area contributed by atoms with Crippen molar-refractivity contribution in [3.63, 3.8) is 0 Å². The van der Waals surface area contributed by atoms with E-state index < -0.39 is 0 Å². The molecule has 15 heavy (non-hydrogen) atoms. The molecule has 2 N–H and O–H groups in total. The Morgan fingerprint density at radius 2 is 2.33 bits per heavy atom. The fourth-order valence-corrected chi connectivity index (χ4v) is 1.06. The molecule has 0 aliphatic carbocycles. The third kappa shape index (κ3) is 3.42. The molecule has 0 fully saturated rings. The van der Waals surface area contributed by atoms with Gasteiger partial charge >= 0.3 is 5.97 Å². The highest BCUT2D eigenvalue weighted by atomic mass is 16.5. The number of ether oxygens (including phenoxy) is 1. The van der Waals surface area contributed by atoms with Crippen LogP contribution in [0.4, 0.5) is 5.69 Å². The van der Waals surface area contributed by atoms with Gasteiger partial charge in [-0.25, -0.2) is 4.79 Å². The minimum absolute atomic E-state index is 0.361. The maximum atomic E-state index is 11.0. The van der Waals surface area contributed by atoms with E-state index in [2.05, 4.69) is 4.98 Å².